The van der Waals surface area contributed by atoms with Crippen LogP contribution in [0.3, 0.4) is 0 Å². The summed E-state index contributed by atoms with van der Waals surface area (Å²) < 4.78 is 5.53. The number of rotatable bonds is 3. The summed E-state index contributed by atoms with van der Waals surface area (Å²) in [5.41, 5.74) is 2.80. The Morgan fingerprint density at radius 1 is 1.24 bits per heavy atom. The molecule has 2 heteroatoms. The number of carbonyl (C=O) groups is 1. The molecule has 2 nitrogen and oxygen atoms in total. The molecule has 90 valence electrons. The first-order valence-corrected chi connectivity index (χ1v) is 6.55. The molecule has 0 radical (unpaired) electrons. The SMILES string of the molecule is O=CCOc1cccc2c1CC1CCCC1C2. The Bertz CT molecular complexity index is 425. The van der Waals surface area contributed by atoms with Gasteiger partial charge in [0.25, 0.3) is 0 Å². The van der Waals surface area contributed by atoms with Gasteiger partial charge >= 0.3 is 0 Å². The van der Waals surface area contributed by atoms with Crippen molar-refractivity contribution in [1.29, 1.82) is 0 Å². The highest BCUT2D eigenvalue weighted by molar-refractivity contribution is 5.52. The lowest BCUT2D eigenvalue weighted by atomic mass is 9.77. The van der Waals surface area contributed by atoms with Crippen molar-refractivity contribution in [2.45, 2.75) is 32.1 Å². The second-order valence-corrected chi connectivity index (χ2v) is 5.23. The van der Waals surface area contributed by atoms with Gasteiger partial charge in [-0.25, -0.2) is 0 Å². The largest absolute Gasteiger partial charge is 0.486 e. The third-order valence-corrected chi connectivity index (χ3v) is 4.30. The number of fused-ring (bicyclic) bond motifs is 2. The van der Waals surface area contributed by atoms with Crippen molar-refractivity contribution in [3.63, 3.8) is 0 Å². The predicted molar refractivity (Wildman–Crippen MR) is 66.2 cm³/mol. The van der Waals surface area contributed by atoms with Crippen LogP contribution in [0.5, 0.6) is 5.75 Å². The van der Waals surface area contributed by atoms with E-state index in [0.717, 1.165) is 30.3 Å². The van der Waals surface area contributed by atoms with Gasteiger partial charge in [-0.3, -0.25) is 4.79 Å². The molecule has 2 atom stereocenters. The highest BCUT2D eigenvalue weighted by Crippen LogP contribution is 2.43. The molecule has 2 aliphatic carbocycles. The fourth-order valence-corrected chi connectivity index (χ4v) is 3.49. The van der Waals surface area contributed by atoms with Crippen LogP contribution in [-0.4, -0.2) is 12.9 Å². The fraction of sp³-hybridized carbons (Fsp3) is 0.533. The van der Waals surface area contributed by atoms with E-state index >= 15 is 0 Å². The van der Waals surface area contributed by atoms with Gasteiger partial charge in [-0.05, 0) is 54.7 Å². The summed E-state index contributed by atoms with van der Waals surface area (Å²) in [4.78, 5) is 10.4. The van der Waals surface area contributed by atoms with Crippen molar-refractivity contribution in [2.24, 2.45) is 11.8 Å². The minimum absolute atomic E-state index is 0.171. The second kappa shape index (κ2) is 4.52. The van der Waals surface area contributed by atoms with Crippen LogP contribution < -0.4 is 4.74 Å². The average molecular weight is 230 g/mol. The van der Waals surface area contributed by atoms with E-state index in [4.69, 9.17) is 4.74 Å². The average Bonchev–Trinajstić information content (AvgIpc) is 2.80. The minimum atomic E-state index is 0.171. The smallest absolute Gasteiger partial charge is 0.157 e. The van der Waals surface area contributed by atoms with Crippen LogP contribution in [0, 0.1) is 11.8 Å². The van der Waals surface area contributed by atoms with Crippen LogP contribution in [-0.2, 0) is 17.6 Å². The van der Waals surface area contributed by atoms with E-state index in [9.17, 15) is 4.79 Å². The molecule has 0 aliphatic heterocycles. The summed E-state index contributed by atoms with van der Waals surface area (Å²) in [5, 5.41) is 0. The maximum absolute atomic E-state index is 10.4. The number of benzene rings is 1. The molecule has 0 saturated heterocycles. The zero-order valence-corrected chi connectivity index (χ0v) is 10.0. The molecular formula is C15H18O2. The Morgan fingerprint density at radius 2 is 2.06 bits per heavy atom. The Balaban J connectivity index is 1.89. The van der Waals surface area contributed by atoms with Crippen molar-refractivity contribution in [2.75, 3.05) is 6.61 Å². The van der Waals surface area contributed by atoms with Crippen molar-refractivity contribution in [3.8, 4) is 5.75 Å². The molecular weight excluding hydrogens is 212 g/mol. The zero-order valence-electron chi connectivity index (χ0n) is 10.0. The Hall–Kier alpha value is -1.31. The highest BCUT2D eigenvalue weighted by Gasteiger charge is 2.33. The normalized spacial score (nSPS) is 26.1. The molecule has 1 aromatic rings. The van der Waals surface area contributed by atoms with Crippen LogP contribution in [0.2, 0.25) is 0 Å². The van der Waals surface area contributed by atoms with Gasteiger partial charge in [-0.15, -0.1) is 0 Å². The van der Waals surface area contributed by atoms with Crippen LogP contribution >= 0.6 is 0 Å². The van der Waals surface area contributed by atoms with E-state index in [-0.39, 0.29) is 6.61 Å². The third-order valence-electron chi connectivity index (χ3n) is 4.30. The maximum Gasteiger partial charge on any atom is 0.157 e. The summed E-state index contributed by atoms with van der Waals surface area (Å²) in [6, 6.07) is 6.27. The fourth-order valence-electron chi connectivity index (χ4n) is 3.49. The molecule has 0 heterocycles. The van der Waals surface area contributed by atoms with Crippen LogP contribution in [0.1, 0.15) is 30.4 Å². The number of ether oxygens (including phenoxy) is 1. The van der Waals surface area contributed by atoms with E-state index in [1.807, 2.05) is 12.1 Å². The summed E-state index contributed by atoms with van der Waals surface area (Å²) >= 11 is 0. The standard InChI is InChI=1S/C15H18O2/c16-7-8-17-15-6-2-5-13-9-11-3-1-4-12(11)10-14(13)15/h2,5-7,11-12H,1,3-4,8-10H2. The minimum Gasteiger partial charge on any atom is -0.486 e. The molecule has 0 spiro atoms. The van der Waals surface area contributed by atoms with Crippen molar-refractivity contribution in [3.05, 3.63) is 29.3 Å². The molecule has 0 N–H and O–H groups in total. The quantitative estimate of drug-likeness (QED) is 0.746. The lowest BCUT2D eigenvalue weighted by Crippen LogP contribution is -2.21. The van der Waals surface area contributed by atoms with Crippen LogP contribution in [0.4, 0.5) is 0 Å². The number of hydrogen-bond donors (Lipinski definition) is 0. The van der Waals surface area contributed by atoms with E-state index in [1.54, 1.807) is 0 Å². The summed E-state index contributed by atoms with van der Waals surface area (Å²) in [7, 11) is 0. The first-order chi connectivity index (χ1) is 8.38. The second-order valence-electron chi connectivity index (χ2n) is 5.23. The monoisotopic (exact) mass is 230 g/mol. The summed E-state index contributed by atoms with van der Waals surface area (Å²) in [5.74, 6) is 2.67. The number of carbonyl (C=O) groups excluding carboxylic acids is 1. The molecule has 0 amide bonds. The maximum atomic E-state index is 10.4. The molecule has 3 rings (SSSR count). The highest BCUT2D eigenvalue weighted by atomic mass is 16.5. The lowest BCUT2D eigenvalue weighted by Gasteiger charge is -2.29. The van der Waals surface area contributed by atoms with Gasteiger partial charge in [0.15, 0.2) is 6.29 Å². The van der Waals surface area contributed by atoms with Gasteiger partial charge in [0.1, 0.15) is 12.4 Å². The topological polar surface area (TPSA) is 26.3 Å². The molecule has 1 fully saturated rings. The van der Waals surface area contributed by atoms with Gasteiger partial charge in [-0.2, -0.15) is 0 Å². The van der Waals surface area contributed by atoms with E-state index in [0.29, 0.717) is 0 Å². The number of hydrogen-bond acceptors (Lipinski definition) is 2. The molecule has 2 aliphatic rings. The Labute approximate surface area is 102 Å². The van der Waals surface area contributed by atoms with Gasteiger partial charge < -0.3 is 4.74 Å². The Morgan fingerprint density at radius 3 is 2.88 bits per heavy atom. The van der Waals surface area contributed by atoms with Gasteiger partial charge in [0.05, 0.1) is 0 Å². The van der Waals surface area contributed by atoms with Crippen molar-refractivity contribution >= 4 is 6.29 Å². The molecule has 1 saturated carbocycles. The van der Waals surface area contributed by atoms with Crippen molar-refractivity contribution < 1.29 is 9.53 Å². The summed E-state index contributed by atoms with van der Waals surface area (Å²) in [6.45, 7) is 0.171. The molecule has 1 aromatic carbocycles. The van der Waals surface area contributed by atoms with E-state index in [2.05, 4.69) is 6.07 Å². The van der Waals surface area contributed by atoms with Crippen LogP contribution in [0.15, 0.2) is 18.2 Å². The molecule has 17 heavy (non-hydrogen) atoms. The van der Waals surface area contributed by atoms with E-state index < -0.39 is 0 Å². The zero-order chi connectivity index (χ0) is 11.7. The van der Waals surface area contributed by atoms with Gasteiger partial charge in [0, 0.05) is 0 Å². The number of aldehydes is 1. The molecule has 0 aromatic heterocycles. The molecule has 0 bridgehead atoms. The third kappa shape index (κ3) is 1.97. The first kappa shape index (κ1) is 10.8. The summed E-state index contributed by atoms with van der Waals surface area (Å²) in [6.07, 6.45) is 7.32. The van der Waals surface area contributed by atoms with Gasteiger partial charge in [-0.1, -0.05) is 18.6 Å². The predicted octanol–water partition coefficient (Wildman–Crippen LogP) is 2.78. The van der Waals surface area contributed by atoms with Gasteiger partial charge in [0.2, 0.25) is 0 Å². The van der Waals surface area contributed by atoms with E-state index in [1.165, 1.54) is 36.8 Å². The lowest BCUT2D eigenvalue weighted by molar-refractivity contribution is -0.109. The van der Waals surface area contributed by atoms with Crippen LogP contribution in [0.25, 0.3) is 0 Å². The molecule has 2 unspecified atom stereocenters. The Kier molecular flexibility index (Phi) is 2.87. The first-order valence-electron chi connectivity index (χ1n) is 6.55. The van der Waals surface area contributed by atoms with Crippen molar-refractivity contribution in [1.82, 2.24) is 0 Å².